The maximum Gasteiger partial charge on any atom is 0.282 e. The average Bonchev–Trinajstić information content (AvgIpc) is 3.16. The lowest BCUT2D eigenvalue weighted by molar-refractivity contribution is 0.431. The Bertz CT molecular complexity index is 734. The maximum atomic E-state index is 6.08. The molecule has 2 heterocycles. The number of aryl methyl sites for hydroxylation is 1. The summed E-state index contributed by atoms with van der Waals surface area (Å²) in [5.74, 6) is 1.26. The van der Waals surface area contributed by atoms with Gasteiger partial charge in [-0.15, -0.1) is 5.10 Å². The molecule has 3 aromatic rings. The highest BCUT2D eigenvalue weighted by molar-refractivity contribution is 5.64. The average molecular weight is 298 g/mol. The number of unbranched alkanes of at least 4 members (excludes halogenated alkanes) is 2. The molecule has 0 radical (unpaired) electrons. The number of hydrogen-bond acceptors (Lipinski definition) is 6. The molecule has 3 rings (SSSR count). The first-order chi connectivity index (χ1) is 10.8. The van der Waals surface area contributed by atoms with Crippen molar-refractivity contribution in [1.82, 2.24) is 25.1 Å². The second-order valence-corrected chi connectivity index (χ2v) is 5.04. The maximum absolute atomic E-state index is 6.08. The van der Waals surface area contributed by atoms with Gasteiger partial charge >= 0.3 is 0 Å². The summed E-state index contributed by atoms with van der Waals surface area (Å²) in [7, 11) is 0. The summed E-state index contributed by atoms with van der Waals surface area (Å²) in [6, 6.07) is 9.61. The third-order valence-corrected chi connectivity index (χ3v) is 3.41. The normalized spacial score (nSPS) is 11.0. The smallest absolute Gasteiger partial charge is 0.282 e. The molecule has 0 aliphatic heterocycles. The minimum absolute atomic E-state index is 0.290. The second-order valence-electron chi connectivity index (χ2n) is 5.04. The molecule has 7 heteroatoms. The van der Waals surface area contributed by atoms with Crippen LogP contribution in [-0.2, 0) is 6.54 Å². The molecule has 0 saturated carbocycles. The number of benzene rings is 1. The predicted octanol–water partition coefficient (Wildman–Crippen LogP) is 2.77. The molecular weight excluding hydrogens is 280 g/mol. The van der Waals surface area contributed by atoms with Gasteiger partial charge in [-0.1, -0.05) is 60.5 Å². The van der Waals surface area contributed by atoms with Crippen LogP contribution < -0.4 is 5.73 Å². The zero-order valence-electron chi connectivity index (χ0n) is 12.4. The Balaban J connectivity index is 1.82. The van der Waals surface area contributed by atoms with Crippen molar-refractivity contribution >= 4 is 5.82 Å². The van der Waals surface area contributed by atoms with Gasteiger partial charge in [0, 0.05) is 12.1 Å². The molecule has 22 heavy (non-hydrogen) atoms. The minimum atomic E-state index is 0.290. The molecule has 7 nitrogen and oxygen atoms in total. The lowest BCUT2D eigenvalue weighted by Crippen LogP contribution is -2.05. The molecule has 1 aromatic carbocycles. The molecule has 2 N–H and O–H groups in total. The van der Waals surface area contributed by atoms with Crippen LogP contribution in [0.3, 0.4) is 0 Å². The Labute approximate surface area is 128 Å². The molecule has 0 spiro atoms. The van der Waals surface area contributed by atoms with Gasteiger partial charge < -0.3 is 10.3 Å². The first kappa shape index (κ1) is 14.2. The monoisotopic (exact) mass is 298 g/mol. The highest BCUT2D eigenvalue weighted by atomic mass is 16.5. The van der Waals surface area contributed by atoms with E-state index in [0.29, 0.717) is 17.3 Å². The van der Waals surface area contributed by atoms with E-state index in [1.165, 1.54) is 0 Å². The summed E-state index contributed by atoms with van der Waals surface area (Å²) in [6.45, 7) is 2.89. The Hall–Kier alpha value is -2.70. The molecular formula is C15H18N6O. The van der Waals surface area contributed by atoms with Crippen LogP contribution in [0.5, 0.6) is 0 Å². The van der Waals surface area contributed by atoms with Crippen molar-refractivity contribution in [2.24, 2.45) is 0 Å². The fraction of sp³-hybridized carbons (Fsp3) is 0.333. The zero-order chi connectivity index (χ0) is 15.4. The Morgan fingerprint density at radius 1 is 1.18 bits per heavy atom. The van der Waals surface area contributed by atoms with Gasteiger partial charge in [-0.3, -0.25) is 0 Å². The summed E-state index contributed by atoms with van der Waals surface area (Å²) in [5, 5.41) is 12.1. The molecule has 2 aromatic heterocycles. The van der Waals surface area contributed by atoms with Gasteiger partial charge in [0.2, 0.25) is 5.82 Å². The molecule has 0 atom stereocenters. The highest BCUT2D eigenvalue weighted by Gasteiger charge is 2.18. The third kappa shape index (κ3) is 2.83. The quantitative estimate of drug-likeness (QED) is 0.703. The first-order valence-electron chi connectivity index (χ1n) is 7.38. The molecule has 0 fully saturated rings. The molecule has 0 amide bonds. The Morgan fingerprint density at radius 3 is 2.77 bits per heavy atom. The van der Waals surface area contributed by atoms with Crippen LogP contribution in [0, 0.1) is 0 Å². The van der Waals surface area contributed by atoms with E-state index in [1.807, 2.05) is 30.3 Å². The first-order valence-corrected chi connectivity index (χ1v) is 7.38. The lowest BCUT2D eigenvalue weighted by Gasteiger charge is -2.01. The number of nitrogens with two attached hydrogens (primary N) is 1. The van der Waals surface area contributed by atoms with Crippen molar-refractivity contribution in [3.63, 3.8) is 0 Å². The fourth-order valence-corrected chi connectivity index (χ4v) is 2.17. The van der Waals surface area contributed by atoms with Gasteiger partial charge in [-0.05, 0) is 6.42 Å². The molecule has 0 bridgehead atoms. The molecule has 0 saturated heterocycles. The van der Waals surface area contributed by atoms with E-state index < -0.39 is 0 Å². The van der Waals surface area contributed by atoms with Gasteiger partial charge in [-0.2, -0.15) is 4.98 Å². The summed E-state index contributed by atoms with van der Waals surface area (Å²) in [5.41, 5.74) is 7.39. The Kier molecular flexibility index (Phi) is 4.13. The number of anilines is 1. The van der Waals surface area contributed by atoms with E-state index in [9.17, 15) is 0 Å². The van der Waals surface area contributed by atoms with Gasteiger partial charge in [0.15, 0.2) is 11.5 Å². The van der Waals surface area contributed by atoms with E-state index in [0.717, 1.165) is 31.4 Å². The number of aromatic nitrogens is 5. The van der Waals surface area contributed by atoms with Gasteiger partial charge in [0.25, 0.3) is 5.89 Å². The van der Waals surface area contributed by atoms with Crippen molar-refractivity contribution in [2.75, 3.05) is 5.73 Å². The van der Waals surface area contributed by atoms with Gasteiger partial charge in [-0.25, -0.2) is 4.68 Å². The van der Waals surface area contributed by atoms with Crippen LogP contribution in [0.4, 0.5) is 5.82 Å². The predicted molar refractivity (Wildman–Crippen MR) is 82.7 cm³/mol. The van der Waals surface area contributed by atoms with Crippen LogP contribution >= 0.6 is 0 Å². The summed E-state index contributed by atoms with van der Waals surface area (Å²) < 4.78 is 6.95. The molecule has 0 aliphatic carbocycles. The molecule has 0 unspecified atom stereocenters. The van der Waals surface area contributed by atoms with Crippen LogP contribution in [-0.4, -0.2) is 25.1 Å². The van der Waals surface area contributed by atoms with Crippen molar-refractivity contribution < 1.29 is 4.52 Å². The van der Waals surface area contributed by atoms with E-state index >= 15 is 0 Å². The fourth-order valence-electron chi connectivity index (χ4n) is 2.17. The minimum Gasteiger partial charge on any atom is -0.382 e. The SMILES string of the molecule is CCCCCn1nnc(-c2nc(-c3ccccc3)no2)c1N. The third-order valence-electron chi connectivity index (χ3n) is 3.41. The number of nitrogens with zero attached hydrogens (tertiary/aromatic N) is 5. The molecule has 114 valence electrons. The zero-order valence-corrected chi connectivity index (χ0v) is 12.4. The second kappa shape index (κ2) is 6.38. The topological polar surface area (TPSA) is 95.6 Å². The summed E-state index contributed by atoms with van der Waals surface area (Å²) in [6.07, 6.45) is 3.29. The van der Waals surface area contributed by atoms with E-state index in [-0.39, 0.29) is 5.89 Å². The van der Waals surface area contributed by atoms with Crippen LogP contribution in [0.2, 0.25) is 0 Å². The Morgan fingerprint density at radius 2 is 2.00 bits per heavy atom. The lowest BCUT2D eigenvalue weighted by atomic mass is 10.2. The van der Waals surface area contributed by atoms with Crippen LogP contribution in [0.1, 0.15) is 26.2 Å². The summed E-state index contributed by atoms with van der Waals surface area (Å²) >= 11 is 0. The number of nitrogen functional groups attached to an aromatic ring is 1. The van der Waals surface area contributed by atoms with Crippen molar-refractivity contribution in [3.8, 4) is 23.0 Å². The van der Waals surface area contributed by atoms with E-state index in [2.05, 4.69) is 27.4 Å². The van der Waals surface area contributed by atoms with Gasteiger partial charge in [0.05, 0.1) is 0 Å². The van der Waals surface area contributed by atoms with Crippen LogP contribution in [0.15, 0.2) is 34.9 Å². The van der Waals surface area contributed by atoms with Crippen molar-refractivity contribution in [2.45, 2.75) is 32.7 Å². The highest BCUT2D eigenvalue weighted by Crippen LogP contribution is 2.24. The van der Waals surface area contributed by atoms with Crippen molar-refractivity contribution in [3.05, 3.63) is 30.3 Å². The van der Waals surface area contributed by atoms with Crippen LogP contribution in [0.25, 0.3) is 23.0 Å². The van der Waals surface area contributed by atoms with Gasteiger partial charge in [0.1, 0.15) is 0 Å². The summed E-state index contributed by atoms with van der Waals surface area (Å²) in [4.78, 5) is 4.35. The number of hydrogen-bond donors (Lipinski definition) is 1. The largest absolute Gasteiger partial charge is 0.382 e. The molecule has 0 aliphatic rings. The standard InChI is InChI=1S/C15H18N6O/c1-2-3-7-10-21-13(16)12(18-20-21)15-17-14(19-22-15)11-8-5-4-6-9-11/h4-6,8-9H,2-3,7,10,16H2,1H3. The van der Waals surface area contributed by atoms with Crippen molar-refractivity contribution in [1.29, 1.82) is 0 Å². The number of rotatable bonds is 6. The van der Waals surface area contributed by atoms with E-state index in [1.54, 1.807) is 4.68 Å². The van der Waals surface area contributed by atoms with E-state index in [4.69, 9.17) is 10.3 Å².